The van der Waals surface area contributed by atoms with E-state index in [2.05, 4.69) is 31.3 Å². The highest BCUT2D eigenvalue weighted by Gasteiger charge is 2.36. The maximum atomic E-state index is 10.4. The average molecular weight is 183 g/mol. The van der Waals surface area contributed by atoms with E-state index in [1.54, 1.807) is 0 Å². The van der Waals surface area contributed by atoms with Crippen molar-refractivity contribution in [1.29, 1.82) is 0 Å². The summed E-state index contributed by atoms with van der Waals surface area (Å²) < 4.78 is 0. The summed E-state index contributed by atoms with van der Waals surface area (Å²) in [5.41, 5.74) is 8.54. The molecule has 1 saturated carbocycles. The molecule has 74 valence electrons. The van der Waals surface area contributed by atoms with Gasteiger partial charge >= 0.3 is 6.03 Å². The minimum Gasteiger partial charge on any atom is -0.350 e. The molecular formula is C9H17N3O. The number of carbonyl (C=O) groups excluding carboxylic acids is 1. The number of nitrogens with zero attached hydrogens (tertiary/aromatic N) is 1. The van der Waals surface area contributed by atoms with E-state index < -0.39 is 6.03 Å². The van der Waals surface area contributed by atoms with E-state index in [1.165, 1.54) is 0 Å². The summed E-state index contributed by atoms with van der Waals surface area (Å²) in [6, 6.07) is -0.593. The van der Waals surface area contributed by atoms with Gasteiger partial charge in [0.2, 0.25) is 0 Å². The molecule has 1 fully saturated rings. The molecule has 0 aromatic carbocycles. The Morgan fingerprint density at radius 3 is 2.69 bits per heavy atom. The van der Waals surface area contributed by atoms with Crippen LogP contribution in [0.1, 0.15) is 33.6 Å². The van der Waals surface area contributed by atoms with Crippen LogP contribution in [0, 0.1) is 11.3 Å². The number of rotatable bonds is 1. The van der Waals surface area contributed by atoms with Crippen molar-refractivity contribution in [3.8, 4) is 0 Å². The zero-order valence-corrected chi connectivity index (χ0v) is 8.42. The van der Waals surface area contributed by atoms with Crippen molar-refractivity contribution in [1.82, 2.24) is 5.43 Å². The first kappa shape index (κ1) is 10.0. The Kier molecular flexibility index (Phi) is 2.59. The quantitative estimate of drug-likeness (QED) is 0.594. The lowest BCUT2D eigenvalue weighted by molar-refractivity contribution is 0.249. The first-order valence-corrected chi connectivity index (χ1v) is 4.55. The van der Waals surface area contributed by atoms with Gasteiger partial charge in [-0.15, -0.1) is 0 Å². The molecule has 0 saturated heterocycles. The molecule has 13 heavy (non-hydrogen) atoms. The second-order valence-corrected chi connectivity index (χ2v) is 4.29. The number of urea groups is 1. The van der Waals surface area contributed by atoms with E-state index in [9.17, 15) is 4.79 Å². The van der Waals surface area contributed by atoms with Gasteiger partial charge in [-0.1, -0.05) is 20.8 Å². The van der Waals surface area contributed by atoms with Crippen LogP contribution in [0.2, 0.25) is 0 Å². The van der Waals surface area contributed by atoms with Crippen LogP contribution in [0.5, 0.6) is 0 Å². The van der Waals surface area contributed by atoms with Gasteiger partial charge in [0, 0.05) is 11.6 Å². The van der Waals surface area contributed by atoms with Gasteiger partial charge in [-0.05, 0) is 18.3 Å². The highest BCUT2D eigenvalue weighted by molar-refractivity contribution is 5.90. The Morgan fingerprint density at radius 1 is 1.69 bits per heavy atom. The summed E-state index contributed by atoms with van der Waals surface area (Å²) >= 11 is 0. The number of nitrogens with two attached hydrogens (primary N) is 1. The van der Waals surface area contributed by atoms with Gasteiger partial charge in [0.1, 0.15) is 0 Å². The summed E-state index contributed by atoms with van der Waals surface area (Å²) in [5, 5.41) is 3.99. The standard InChI is InChI=1S/C9H17N3O/c1-6-7(11-12-8(10)13)4-5-9(6,2)3/h6H,4-5H2,1-3H3,(H3,10,12,13)/b11-7-. The van der Waals surface area contributed by atoms with Crippen LogP contribution in [-0.4, -0.2) is 11.7 Å². The molecule has 0 aromatic rings. The second-order valence-electron chi connectivity index (χ2n) is 4.29. The van der Waals surface area contributed by atoms with Gasteiger partial charge in [0.25, 0.3) is 0 Å². The van der Waals surface area contributed by atoms with Crippen LogP contribution in [0.25, 0.3) is 0 Å². The van der Waals surface area contributed by atoms with Gasteiger partial charge in [-0.25, -0.2) is 10.2 Å². The Hall–Kier alpha value is -1.06. The lowest BCUT2D eigenvalue weighted by atomic mass is 9.83. The van der Waals surface area contributed by atoms with E-state index in [4.69, 9.17) is 5.73 Å². The molecule has 4 heteroatoms. The highest BCUT2D eigenvalue weighted by atomic mass is 16.2. The molecule has 2 amide bonds. The van der Waals surface area contributed by atoms with E-state index >= 15 is 0 Å². The Balaban J connectivity index is 2.64. The molecule has 1 aliphatic rings. The molecule has 0 radical (unpaired) electrons. The van der Waals surface area contributed by atoms with E-state index in [0.717, 1.165) is 18.6 Å². The van der Waals surface area contributed by atoms with Gasteiger partial charge in [0.05, 0.1) is 0 Å². The van der Waals surface area contributed by atoms with E-state index in [1.807, 2.05) is 0 Å². The van der Waals surface area contributed by atoms with Crippen LogP contribution in [0.15, 0.2) is 5.10 Å². The molecule has 1 rings (SSSR count). The Bertz CT molecular complexity index is 245. The monoisotopic (exact) mass is 183 g/mol. The van der Waals surface area contributed by atoms with Gasteiger partial charge in [-0.3, -0.25) is 0 Å². The van der Waals surface area contributed by atoms with Crippen molar-refractivity contribution in [2.24, 2.45) is 22.2 Å². The van der Waals surface area contributed by atoms with Crippen LogP contribution in [0.3, 0.4) is 0 Å². The Labute approximate surface area is 78.6 Å². The first-order chi connectivity index (χ1) is 5.93. The van der Waals surface area contributed by atoms with Crippen molar-refractivity contribution < 1.29 is 4.79 Å². The minimum absolute atomic E-state index is 0.290. The van der Waals surface area contributed by atoms with Crippen molar-refractivity contribution in [3.05, 3.63) is 0 Å². The molecule has 1 aliphatic carbocycles. The molecule has 1 unspecified atom stereocenters. The molecule has 0 bridgehead atoms. The summed E-state index contributed by atoms with van der Waals surface area (Å²) in [7, 11) is 0. The smallest absolute Gasteiger partial charge is 0.332 e. The molecule has 0 aliphatic heterocycles. The lowest BCUT2D eigenvalue weighted by Gasteiger charge is -2.22. The predicted molar refractivity (Wildman–Crippen MR) is 52.3 cm³/mol. The van der Waals surface area contributed by atoms with E-state index in [-0.39, 0.29) is 5.41 Å². The molecule has 3 N–H and O–H groups in total. The highest BCUT2D eigenvalue weighted by Crippen LogP contribution is 2.40. The number of hydrogen-bond acceptors (Lipinski definition) is 2. The third kappa shape index (κ3) is 2.20. The summed E-state index contributed by atoms with van der Waals surface area (Å²) in [4.78, 5) is 10.4. The Morgan fingerprint density at radius 2 is 2.31 bits per heavy atom. The second kappa shape index (κ2) is 3.36. The molecular weight excluding hydrogens is 166 g/mol. The minimum atomic E-state index is -0.593. The maximum Gasteiger partial charge on any atom is 0.332 e. The maximum absolute atomic E-state index is 10.4. The molecule has 0 aromatic heterocycles. The van der Waals surface area contributed by atoms with Crippen molar-refractivity contribution >= 4 is 11.7 Å². The van der Waals surface area contributed by atoms with E-state index in [0.29, 0.717) is 5.92 Å². The first-order valence-electron chi connectivity index (χ1n) is 4.55. The third-order valence-corrected chi connectivity index (χ3v) is 3.01. The van der Waals surface area contributed by atoms with Gasteiger partial charge in [0.15, 0.2) is 0 Å². The fourth-order valence-corrected chi connectivity index (χ4v) is 1.61. The topological polar surface area (TPSA) is 67.5 Å². The van der Waals surface area contributed by atoms with Gasteiger partial charge < -0.3 is 5.73 Å². The zero-order chi connectivity index (χ0) is 10.1. The summed E-state index contributed by atoms with van der Waals surface area (Å²) in [5.74, 6) is 0.416. The van der Waals surface area contributed by atoms with Crippen molar-refractivity contribution in [2.75, 3.05) is 0 Å². The predicted octanol–water partition coefficient (Wildman–Crippen LogP) is 1.47. The van der Waals surface area contributed by atoms with Crippen LogP contribution in [-0.2, 0) is 0 Å². The molecule has 0 spiro atoms. The van der Waals surface area contributed by atoms with Gasteiger partial charge in [-0.2, -0.15) is 5.10 Å². The number of hydrogen-bond donors (Lipinski definition) is 2. The fraction of sp³-hybridized carbons (Fsp3) is 0.778. The number of nitrogens with one attached hydrogen (secondary N) is 1. The number of carbonyl (C=O) groups is 1. The molecule has 4 nitrogen and oxygen atoms in total. The number of primary amides is 1. The largest absolute Gasteiger partial charge is 0.350 e. The normalized spacial score (nSPS) is 29.2. The molecule has 0 heterocycles. The van der Waals surface area contributed by atoms with Crippen LogP contribution >= 0.6 is 0 Å². The number of amides is 2. The SMILES string of the molecule is CC1/C(=N\NC(N)=O)CCC1(C)C. The van der Waals surface area contributed by atoms with Crippen molar-refractivity contribution in [2.45, 2.75) is 33.6 Å². The number of hydrazone groups is 1. The third-order valence-electron chi connectivity index (χ3n) is 3.01. The summed E-state index contributed by atoms with van der Waals surface area (Å²) in [6.07, 6.45) is 2.07. The van der Waals surface area contributed by atoms with Crippen LogP contribution < -0.4 is 11.2 Å². The van der Waals surface area contributed by atoms with Crippen LogP contribution in [0.4, 0.5) is 4.79 Å². The van der Waals surface area contributed by atoms with Crippen molar-refractivity contribution in [3.63, 3.8) is 0 Å². The molecule has 1 atom stereocenters. The fourth-order valence-electron chi connectivity index (χ4n) is 1.61. The summed E-state index contributed by atoms with van der Waals surface area (Å²) in [6.45, 7) is 6.56. The zero-order valence-electron chi connectivity index (χ0n) is 8.42. The lowest BCUT2D eigenvalue weighted by Crippen LogP contribution is -2.27. The average Bonchev–Trinajstić information content (AvgIpc) is 2.25.